The van der Waals surface area contributed by atoms with Crippen molar-refractivity contribution in [3.63, 3.8) is 0 Å². The molecule has 0 aromatic carbocycles. The van der Waals surface area contributed by atoms with Crippen LogP contribution in [0.15, 0.2) is 23.2 Å². The molecule has 2 rings (SSSR count). The molecule has 1 aliphatic rings. The summed E-state index contributed by atoms with van der Waals surface area (Å²) in [5.41, 5.74) is -0.944. The Bertz CT molecular complexity index is 542. The number of halogens is 1. The van der Waals surface area contributed by atoms with Crippen molar-refractivity contribution in [2.45, 2.75) is 42.6 Å². The molecule has 2 N–H and O–H groups in total. The molecule has 0 spiro atoms. The Labute approximate surface area is 118 Å². The van der Waals surface area contributed by atoms with Crippen LogP contribution in [0.25, 0.3) is 0 Å². The van der Waals surface area contributed by atoms with Crippen LogP contribution in [0.2, 0.25) is 5.15 Å². The monoisotopic (exact) mass is 304 g/mol. The summed E-state index contributed by atoms with van der Waals surface area (Å²) >= 11 is 5.77. The summed E-state index contributed by atoms with van der Waals surface area (Å²) in [6.45, 7) is 0.0144. The number of pyridine rings is 1. The van der Waals surface area contributed by atoms with Gasteiger partial charge in [-0.05, 0) is 25.0 Å². The van der Waals surface area contributed by atoms with Crippen molar-refractivity contribution in [2.24, 2.45) is 0 Å². The van der Waals surface area contributed by atoms with Crippen LogP contribution in [-0.2, 0) is 10.0 Å². The molecule has 0 radical (unpaired) electrons. The lowest BCUT2D eigenvalue weighted by atomic mass is 9.85. The van der Waals surface area contributed by atoms with Gasteiger partial charge in [-0.2, -0.15) is 0 Å². The summed E-state index contributed by atoms with van der Waals surface area (Å²) in [4.78, 5) is 3.68. The number of nitrogens with zero attached hydrogens (tertiary/aromatic N) is 1. The smallest absolute Gasteiger partial charge is 0.243 e. The zero-order chi connectivity index (χ0) is 13.9. The van der Waals surface area contributed by atoms with Crippen LogP contribution in [-0.4, -0.2) is 30.7 Å². The number of sulfonamides is 1. The molecule has 7 heteroatoms. The molecule has 0 amide bonds. The van der Waals surface area contributed by atoms with E-state index >= 15 is 0 Å². The van der Waals surface area contributed by atoms with Gasteiger partial charge in [0.05, 0.1) is 5.60 Å². The van der Waals surface area contributed by atoms with E-state index < -0.39 is 15.6 Å². The van der Waals surface area contributed by atoms with E-state index in [1.807, 2.05) is 0 Å². The molecule has 0 aliphatic heterocycles. The van der Waals surface area contributed by atoms with E-state index in [0.29, 0.717) is 12.8 Å². The van der Waals surface area contributed by atoms with E-state index in [4.69, 9.17) is 11.6 Å². The van der Waals surface area contributed by atoms with Crippen LogP contribution < -0.4 is 4.72 Å². The van der Waals surface area contributed by atoms with Gasteiger partial charge in [-0.15, -0.1) is 0 Å². The van der Waals surface area contributed by atoms with Gasteiger partial charge >= 0.3 is 0 Å². The van der Waals surface area contributed by atoms with Gasteiger partial charge in [0, 0.05) is 12.7 Å². The molecule has 5 nitrogen and oxygen atoms in total. The number of nitrogens with one attached hydrogen (secondary N) is 1. The Morgan fingerprint density at radius 3 is 2.68 bits per heavy atom. The second-order valence-electron chi connectivity index (χ2n) is 4.90. The third-order valence-electron chi connectivity index (χ3n) is 3.39. The standard InChI is InChI=1S/C12H17ClN2O3S/c13-11-10(5-4-8-14-11)19(17,18)15-9-12(16)6-2-1-3-7-12/h4-5,8,15-16H,1-3,6-7,9H2. The van der Waals surface area contributed by atoms with E-state index in [1.165, 1.54) is 18.3 Å². The summed E-state index contributed by atoms with van der Waals surface area (Å²) in [5.74, 6) is 0. The Morgan fingerprint density at radius 1 is 1.37 bits per heavy atom. The predicted octanol–water partition coefficient (Wildman–Crippen LogP) is 1.71. The zero-order valence-corrected chi connectivity index (χ0v) is 12.0. The van der Waals surface area contributed by atoms with Gasteiger partial charge in [-0.1, -0.05) is 30.9 Å². The minimum absolute atomic E-state index is 0.0144. The third kappa shape index (κ3) is 3.66. The number of aliphatic hydroxyl groups is 1. The zero-order valence-electron chi connectivity index (χ0n) is 10.5. The molecule has 1 heterocycles. The maximum absolute atomic E-state index is 12.1. The SMILES string of the molecule is O=S(=O)(NCC1(O)CCCCC1)c1cccnc1Cl. The maximum atomic E-state index is 12.1. The summed E-state index contributed by atoms with van der Waals surface area (Å²) in [7, 11) is -3.73. The van der Waals surface area contributed by atoms with Crippen LogP contribution in [0.3, 0.4) is 0 Å². The van der Waals surface area contributed by atoms with Gasteiger partial charge in [0.2, 0.25) is 10.0 Å². The Balaban J connectivity index is 2.08. The van der Waals surface area contributed by atoms with E-state index in [2.05, 4.69) is 9.71 Å². The van der Waals surface area contributed by atoms with Gasteiger partial charge in [0.15, 0.2) is 0 Å². The van der Waals surface area contributed by atoms with Gasteiger partial charge in [-0.25, -0.2) is 18.1 Å². The predicted molar refractivity (Wildman–Crippen MR) is 72.5 cm³/mol. The summed E-state index contributed by atoms with van der Waals surface area (Å²) in [6.07, 6.45) is 5.60. The summed E-state index contributed by atoms with van der Waals surface area (Å²) in [6, 6.07) is 2.90. The molecule has 1 saturated carbocycles. The number of hydrogen-bond acceptors (Lipinski definition) is 4. The Morgan fingerprint density at radius 2 is 2.05 bits per heavy atom. The normalized spacial score (nSPS) is 19.3. The van der Waals surface area contributed by atoms with Gasteiger partial charge < -0.3 is 5.11 Å². The van der Waals surface area contributed by atoms with E-state index in [1.54, 1.807) is 0 Å². The first-order valence-corrected chi connectivity index (χ1v) is 8.12. The van der Waals surface area contributed by atoms with Gasteiger partial charge in [0.25, 0.3) is 0 Å². The first-order chi connectivity index (χ1) is 8.93. The Hall–Kier alpha value is -0.690. The fourth-order valence-corrected chi connectivity index (χ4v) is 3.84. The van der Waals surface area contributed by atoms with Gasteiger partial charge in [-0.3, -0.25) is 0 Å². The first-order valence-electron chi connectivity index (χ1n) is 6.26. The van der Waals surface area contributed by atoms with Crippen LogP contribution in [0, 0.1) is 0 Å². The lowest BCUT2D eigenvalue weighted by Crippen LogP contribution is -2.44. The lowest BCUT2D eigenvalue weighted by molar-refractivity contribution is 0.00945. The van der Waals surface area contributed by atoms with Crippen LogP contribution in [0.1, 0.15) is 32.1 Å². The molecule has 1 aromatic heterocycles. The molecule has 0 unspecified atom stereocenters. The topological polar surface area (TPSA) is 79.3 Å². The number of hydrogen-bond donors (Lipinski definition) is 2. The highest BCUT2D eigenvalue weighted by atomic mass is 35.5. The van der Waals surface area contributed by atoms with E-state index in [9.17, 15) is 13.5 Å². The highest BCUT2D eigenvalue weighted by Gasteiger charge is 2.31. The minimum atomic E-state index is -3.73. The minimum Gasteiger partial charge on any atom is -0.389 e. The van der Waals surface area contributed by atoms with Crippen molar-refractivity contribution in [1.29, 1.82) is 0 Å². The van der Waals surface area contributed by atoms with Crippen LogP contribution in [0.4, 0.5) is 0 Å². The van der Waals surface area contributed by atoms with Crippen molar-refractivity contribution in [2.75, 3.05) is 6.54 Å². The van der Waals surface area contributed by atoms with E-state index in [0.717, 1.165) is 19.3 Å². The fraction of sp³-hybridized carbons (Fsp3) is 0.583. The van der Waals surface area contributed by atoms with Crippen molar-refractivity contribution >= 4 is 21.6 Å². The molecular formula is C12H17ClN2O3S. The van der Waals surface area contributed by atoms with E-state index in [-0.39, 0.29) is 16.6 Å². The third-order valence-corrected chi connectivity index (χ3v) is 5.24. The molecular weight excluding hydrogens is 288 g/mol. The van der Waals surface area contributed by atoms with Crippen molar-refractivity contribution in [3.8, 4) is 0 Å². The van der Waals surface area contributed by atoms with Gasteiger partial charge in [0.1, 0.15) is 10.0 Å². The summed E-state index contributed by atoms with van der Waals surface area (Å²) in [5, 5.41) is 10.2. The highest BCUT2D eigenvalue weighted by Crippen LogP contribution is 2.28. The molecule has 0 bridgehead atoms. The lowest BCUT2D eigenvalue weighted by Gasteiger charge is -2.32. The van der Waals surface area contributed by atoms with Crippen molar-refractivity contribution in [3.05, 3.63) is 23.5 Å². The quantitative estimate of drug-likeness (QED) is 0.830. The second-order valence-corrected chi connectivity index (χ2v) is 7.00. The maximum Gasteiger partial charge on any atom is 0.243 e. The van der Waals surface area contributed by atoms with Crippen LogP contribution >= 0.6 is 11.6 Å². The molecule has 1 fully saturated rings. The average molecular weight is 305 g/mol. The fourth-order valence-electron chi connectivity index (χ4n) is 2.27. The molecule has 0 saturated heterocycles. The van der Waals surface area contributed by atoms with Crippen molar-refractivity contribution in [1.82, 2.24) is 9.71 Å². The first kappa shape index (κ1) is 14.7. The molecule has 19 heavy (non-hydrogen) atoms. The van der Waals surface area contributed by atoms with Crippen molar-refractivity contribution < 1.29 is 13.5 Å². The number of rotatable bonds is 4. The molecule has 1 aliphatic carbocycles. The number of aromatic nitrogens is 1. The molecule has 1 aromatic rings. The second kappa shape index (κ2) is 5.75. The van der Waals surface area contributed by atoms with Crippen LogP contribution in [0.5, 0.6) is 0 Å². The average Bonchev–Trinajstić information content (AvgIpc) is 2.38. The molecule has 106 valence electrons. The highest BCUT2D eigenvalue weighted by molar-refractivity contribution is 7.89. The Kier molecular flexibility index (Phi) is 4.45. The molecule has 0 atom stereocenters. The largest absolute Gasteiger partial charge is 0.389 e. The summed E-state index contributed by atoms with van der Waals surface area (Å²) < 4.78 is 26.6.